The van der Waals surface area contributed by atoms with E-state index in [0.717, 1.165) is 12.1 Å². The predicted molar refractivity (Wildman–Crippen MR) is 69.5 cm³/mol. The van der Waals surface area contributed by atoms with E-state index in [9.17, 15) is 18.0 Å². The summed E-state index contributed by atoms with van der Waals surface area (Å²) in [6, 6.07) is 4.32. The van der Waals surface area contributed by atoms with Crippen LogP contribution in [0.25, 0.3) is 11.5 Å². The van der Waals surface area contributed by atoms with Gasteiger partial charge in [0.25, 0.3) is 5.91 Å². The molecule has 0 radical (unpaired) electrons. The highest BCUT2D eigenvalue weighted by molar-refractivity contribution is 5.92. The van der Waals surface area contributed by atoms with Crippen LogP contribution in [0.4, 0.5) is 13.2 Å². The Morgan fingerprint density at radius 2 is 1.86 bits per heavy atom. The minimum absolute atomic E-state index is 0.0521. The smallest absolute Gasteiger partial charge is 0.416 e. The minimum Gasteiger partial charge on any atom is -0.444 e. The van der Waals surface area contributed by atoms with E-state index >= 15 is 0 Å². The number of alkyl halides is 3. The molecule has 0 saturated carbocycles. The fourth-order valence-electron chi connectivity index (χ4n) is 1.65. The van der Waals surface area contributed by atoms with Crippen molar-refractivity contribution in [3.63, 3.8) is 0 Å². The molecule has 4 nitrogen and oxygen atoms in total. The number of aromatic nitrogens is 1. The Labute approximate surface area is 119 Å². The molecule has 2 rings (SSSR count). The highest BCUT2D eigenvalue weighted by Crippen LogP contribution is 2.30. The van der Waals surface area contributed by atoms with Crippen molar-refractivity contribution in [2.75, 3.05) is 0 Å². The highest BCUT2D eigenvalue weighted by atomic mass is 19.4. The molecule has 7 heteroatoms. The Morgan fingerprint density at radius 3 is 2.38 bits per heavy atom. The monoisotopic (exact) mass is 298 g/mol. The first-order valence-electron chi connectivity index (χ1n) is 6.21. The van der Waals surface area contributed by atoms with E-state index in [1.807, 2.05) is 0 Å². The van der Waals surface area contributed by atoms with Crippen molar-refractivity contribution in [2.45, 2.75) is 26.1 Å². The maximum absolute atomic E-state index is 12.5. The van der Waals surface area contributed by atoms with Gasteiger partial charge in [0.05, 0.1) is 5.56 Å². The van der Waals surface area contributed by atoms with Crippen LogP contribution in [0.1, 0.15) is 29.9 Å². The fourth-order valence-corrected chi connectivity index (χ4v) is 1.65. The standard InChI is InChI=1S/C14H13F3N2O2/c1-8(2)18-12(20)11-7-21-13(19-11)9-3-5-10(6-4-9)14(15,16)17/h3-8H,1-2H3,(H,18,20). The topological polar surface area (TPSA) is 55.1 Å². The quantitative estimate of drug-likeness (QED) is 0.943. The number of nitrogens with one attached hydrogen (secondary N) is 1. The second kappa shape index (κ2) is 5.59. The van der Waals surface area contributed by atoms with E-state index in [0.29, 0.717) is 5.56 Å². The summed E-state index contributed by atoms with van der Waals surface area (Å²) in [5, 5.41) is 2.64. The van der Waals surface area contributed by atoms with Gasteiger partial charge in [-0.25, -0.2) is 4.98 Å². The van der Waals surface area contributed by atoms with Gasteiger partial charge in [-0.1, -0.05) is 0 Å². The zero-order valence-electron chi connectivity index (χ0n) is 11.4. The lowest BCUT2D eigenvalue weighted by Gasteiger charge is -2.06. The Bertz CT molecular complexity index is 630. The number of rotatable bonds is 3. The second-order valence-corrected chi connectivity index (χ2v) is 4.74. The summed E-state index contributed by atoms with van der Waals surface area (Å²) in [4.78, 5) is 15.7. The van der Waals surface area contributed by atoms with Gasteiger partial charge in [0, 0.05) is 11.6 Å². The van der Waals surface area contributed by atoms with Gasteiger partial charge in [-0.05, 0) is 38.1 Å². The molecule has 0 spiro atoms. The summed E-state index contributed by atoms with van der Waals surface area (Å²) in [5.41, 5.74) is -0.305. The predicted octanol–water partition coefficient (Wildman–Crippen LogP) is 3.50. The van der Waals surface area contributed by atoms with Gasteiger partial charge in [-0.15, -0.1) is 0 Å². The maximum Gasteiger partial charge on any atom is 0.416 e. The number of hydrogen-bond donors (Lipinski definition) is 1. The summed E-state index contributed by atoms with van der Waals surface area (Å²) >= 11 is 0. The van der Waals surface area contributed by atoms with Crippen molar-refractivity contribution in [3.8, 4) is 11.5 Å². The number of carbonyl (C=O) groups is 1. The maximum atomic E-state index is 12.5. The molecule has 0 unspecified atom stereocenters. The van der Waals surface area contributed by atoms with Crippen LogP contribution in [0.2, 0.25) is 0 Å². The molecule has 0 atom stereocenters. The lowest BCUT2D eigenvalue weighted by molar-refractivity contribution is -0.137. The van der Waals surface area contributed by atoms with Gasteiger partial charge in [-0.2, -0.15) is 13.2 Å². The first-order chi connectivity index (χ1) is 9.77. The Morgan fingerprint density at radius 1 is 1.24 bits per heavy atom. The van der Waals surface area contributed by atoms with Crippen molar-refractivity contribution in [3.05, 3.63) is 41.8 Å². The first kappa shape index (κ1) is 15.1. The van der Waals surface area contributed by atoms with E-state index in [1.165, 1.54) is 18.4 Å². The van der Waals surface area contributed by atoms with Crippen LogP contribution < -0.4 is 5.32 Å². The number of benzene rings is 1. The third-order valence-corrected chi connectivity index (χ3v) is 2.62. The Hall–Kier alpha value is -2.31. The molecule has 0 aliphatic heterocycles. The molecule has 1 heterocycles. The average Bonchev–Trinajstić information content (AvgIpc) is 2.86. The Kier molecular flexibility index (Phi) is 4.02. The van der Waals surface area contributed by atoms with Crippen molar-refractivity contribution in [2.24, 2.45) is 0 Å². The van der Waals surface area contributed by atoms with Crippen LogP contribution in [0.3, 0.4) is 0 Å². The average molecular weight is 298 g/mol. The lowest BCUT2D eigenvalue weighted by Crippen LogP contribution is -2.30. The third kappa shape index (κ3) is 3.62. The van der Waals surface area contributed by atoms with E-state index in [1.54, 1.807) is 13.8 Å². The van der Waals surface area contributed by atoms with Gasteiger partial charge < -0.3 is 9.73 Å². The van der Waals surface area contributed by atoms with Crippen LogP contribution >= 0.6 is 0 Å². The second-order valence-electron chi connectivity index (χ2n) is 4.74. The van der Waals surface area contributed by atoms with Crippen molar-refractivity contribution in [1.82, 2.24) is 10.3 Å². The number of oxazole rings is 1. The molecular formula is C14H13F3N2O2. The van der Waals surface area contributed by atoms with Gasteiger partial charge in [0.15, 0.2) is 5.69 Å². The normalized spacial score (nSPS) is 11.7. The van der Waals surface area contributed by atoms with Crippen molar-refractivity contribution in [1.29, 1.82) is 0 Å². The number of hydrogen-bond acceptors (Lipinski definition) is 3. The molecule has 0 aliphatic rings. The molecule has 112 valence electrons. The van der Waals surface area contributed by atoms with Crippen molar-refractivity contribution < 1.29 is 22.4 Å². The number of halogens is 3. The van der Waals surface area contributed by atoms with Gasteiger partial charge in [0.1, 0.15) is 6.26 Å². The molecule has 0 saturated heterocycles. The number of nitrogens with zero attached hydrogens (tertiary/aromatic N) is 1. The first-order valence-corrected chi connectivity index (χ1v) is 6.21. The molecule has 0 bridgehead atoms. The molecule has 2 aromatic rings. The van der Waals surface area contributed by atoms with E-state index in [2.05, 4.69) is 10.3 Å². The van der Waals surface area contributed by atoms with Crippen LogP contribution in [0, 0.1) is 0 Å². The van der Waals surface area contributed by atoms with E-state index in [4.69, 9.17) is 4.42 Å². The fraction of sp³-hybridized carbons (Fsp3) is 0.286. The zero-order valence-corrected chi connectivity index (χ0v) is 11.4. The van der Waals surface area contributed by atoms with Gasteiger partial charge in [-0.3, -0.25) is 4.79 Å². The van der Waals surface area contributed by atoms with Gasteiger partial charge in [0.2, 0.25) is 5.89 Å². The van der Waals surface area contributed by atoms with Crippen LogP contribution in [0.15, 0.2) is 34.9 Å². The summed E-state index contributed by atoms with van der Waals surface area (Å²) in [5.74, 6) is -0.301. The molecule has 0 aliphatic carbocycles. The summed E-state index contributed by atoms with van der Waals surface area (Å²) in [6.07, 6.45) is -3.22. The van der Waals surface area contributed by atoms with E-state index < -0.39 is 17.6 Å². The van der Waals surface area contributed by atoms with Crippen LogP contribution in [0.5, 0.6) is 0 Å². The summed E-state index contributed by atoms with van der Waals surface area (Å²) < 4.78 is 42.5. The highest BCUT2D eigenvalue weighted by Gasteiger charge is 2.30. The molecule has 21 heavy (non-hydrogen) atoms. The summed E-state index contributed by atoms with van der Waals surface area (Å²) in [7, 11) is 0. The number of carbonyl (C=O) groups excluding carboxylic acids is 1. The van der Waals surface area contributed by atoms with Crippen LogP contribution in [-0.2, 0) is 6.18 Å². The SMILES string of the molecule is CC(C)NC(=O)c1coc(-c2ccc(C(F)(F)F)cc2)n1. The van der Waals surface area contributed by atoms with Crippen LogP contribution in [-0.4, -0.2) is 16.9 Å². The Balaban J connectivity index is 2.20. The van der Waals surface area contributed by atoms with Gasteiger partial charge >= 0.3 is 6.18 Å². The largest absolute Gasteiger partial charge is 0.444 e. The zero-order chi connectivity index (χ0) is 15.6. The number of amides is 1. The summed E-state index contributed by atoms with van der Waals surface area (Å²) in [6.45, 7) is 3.60. The third-order valence-electron chi connectivity index (χ3n) is 2.62. The van der Waals surface area contributed by atoms with E-state index in [-0.39, 0.29) is 17.6 Å². The molecule has 0 fully saturated rings. The lowest BCUT2D eigenvalue weighted by atomic mass is 10.1. The molecule has 1 aromatic carbocycles. The minimum atomic E-state index is -4.39. The molecule has 1 aromatic heterocycles. The molecule has 1 N–H and O–H groups in total. The molecular weight excluding hydrogens is 285 g/mol. The van der Waals surface area contributed by atoms with Crippen molar-refractivity contribution >= 4 is 5.91 Å². The molecule has 1 amide bonds.